The minimum atomic E-state index is -4.44. The van der Waals surface area contributed by atoms with Gasteiger partial charge in [0, 0.05) is 18.5 Å². The molecule has 2 rings (SSSR count). The average molecular weight is 228 g/mol. The second kappa shape index (κ2) is 3.51. The molecule has 2 aromatic heterocycles. The fourth-order valence-electron chi connectivity index (χ4n) is 1.20. The van der Waals surface area contributed by atoms with Crippen LogP contribution in [-0.4, -0.2) is 14.8 Å². The number of nitrogen functional groups attached to an aromatic ring is 1. The molecule has 0 saturated carbocycles. The first-order chi connectivity index (χ1) is 7.47. The van der Waals surface area contributed by atoms with Crippen molar-refractivity contribution in [2.75, 3.05) is 5.73 Å². The molecule has 7 heteroatoms. The Morgan fingerprint density at radius 2 is 2.00 bits per heavy atom. The summed E-state index contributed by atoms with van der Waals surface area (Å²) in [5, 5.41) is 3.40. The van der Waals surface area contributed by atoms with E-state index in [1.54, 1.807) is 0 Å². The van der Waals surface area contributed by atoms with Gasteiger partial charge in [-0.25, -0.2) is 9.67 Å². The van der Waals surface area contributed by atoms with E-state index in [2.05, 4.69) is 10.1 Å². The highest BCUT2D eigenvalue weighted by Gasteiger charge is 2.33. The Kier molecular flexibility index (Phi) is 2.30. The third-order valence-corrected chi connectivity index (χ3v) is 1.91. The molecule has 0 aliphatic rings. The lowest BCUT2D eigenvalue weighted by Gasteiger charge is -2.03. The second-order valence-corrected chi connectivity index (χ2v) is 3.08. The van der Waals surface area contributed by atoms with Gasteiger partial charge in [0.2, 0.25) is 0 Å². The van der Waals surface area contributed by atoms with E-state index in [0.29, 0.717) is 5.69 Å². The van der Waals surface area contributed by atoms with Crippen molar-refractivity contribution < 1.29 is 13.2 Å². The molecule has 0 atom stereocenters. The summed E-state index contributed by atoms with van der Waals surface area (Å²) in [7, 11) is 0. The van der Waals surface area contributed by atoms with Crippen molar-refractivity contribution in [2.24, 2.45) is 0 Å². The van der Waals surface area contributed by atoms with Crippen LogP contribution in [0.3, 0.4) is 0 Å². The number of nitrogens with two attached hydrogens (primary N) is 1. The van der Waals surface area contributed by atoms with Crippen LogP contribution in [0.15, 0.2) is 30.6 Å². The van der Waals surface area contributed by atoms with Gasteiger partial charge in [0.25, 0.3) is 0 Å². The fourth-order valence-corrected chi connectivity index (χ4v) is 1.20. The van der Waals surface area contributed by atoms with E-state index < -0.39 is 11.9 Å². The third kappa shape index (κ3) is 1.97. The Balaban J connectivity index is 2.39. The van der Waals surface area contributed by atoms with Gasteiger partial charge in [0.05, 0.1) is 5.69 Å². The summed E-state index contributed by atoms with van der Waals surface area (Å²) < 4.78 is 37.9. The van der Waals surface area contributed by atoms with Crippen molar-refractivity contribution in [1.29, 1.82) is 0 Å². The predicted molar refractivity (Wildman–Crippen MR) is 50.8 cm³/mol. The number of halogens is 3. The normalized spacial score (nSPS) is 11.7. The van der Waals surface area contributed by atoms with Gasteiger partial charge in [-0.05, 0) is 12.1 Å². The van der Waals surface area contributed by atoms with E-state index in [9.17, 15) is 13.2 Å². The van der Waals surface area contributed by atoms with Crippen LogP contribution in [0, 0.1) is 0 Å². The zero-order valence-electron chi connectivity index (χ0n) is 7.94. The summed E-state index contributed by atoms with van der Waals surface area (Å²) in [5.74, 6) is 0.224. The molecule has 0 aliphatic carbocycles. The van der Waals surface area contributed by atoms with Gasteiger partial charge in [-0.3, -0.25) is 0 Å². The number of hydrogen-bond donors (Lipinski definition) is 1. The summed E-state index contributed by atoms with van der Waals surface area (Å²) in [4.78, 5) is 3.74. The second-order valence-electron chi connectivity index (χ2n) is 3.08. The Labute approximate surface area is 88.5 Å². The zero-order valence-corrected chi connectivity index (χ0v) is 7.94. The molecule has 0 fully saturated rings. The van der Waals surface area contributed by atoms with Gasteiger partial charge < -0.3 is 5.73 Å². The average Bonchev–Trinajstić information content (AvgIpc) is 2.65. The quantitative estimate of drug-likeness (QED) is 0.810. The van der Waals surface area contributed by atoms with Crippen LogP contribution in [0.25, 0.3) is 5.69 Å². The van der Waals surface area contributed by atoms with Crippen LogP contribution in [0.5, 0.6) is 0 Å². The molecule has 84 valence electrons. The molecule has 0 aliphatic heterocycles. The van der Waals surface area contributed by atoms with Gasteiger partial charge in [-0.1, -0.05) is 0 Å². The lowest BCUT2D eigenvalue weighted by atomic mass is 10.4. The molecule has 16 heavy (non-hydrogen) atoms. The molecular formula is C9H7F3N4. The molecule has 2 heterocycles. The van der Waals surface area contributed by atoms with Crippen LogP contribution in [0.1, 0.15) is 5.69 Å². The fraction of sp³-hybridized carbons (Fsp3) is 0.111. The smallest absolute Gasteiger partial charge is 0.384 e. The Bertz CT molecular complexity index is 503. The van der Waals surface area contributed by atoms with Crippen LogP contribution >= 0.6 is 0 Å². The van der Waals surface area contributed by atoms with Crippen LogP contribution in [-0.2, 0) is 6.18 Å². The van der Waals surface area contributed by atoms with Crippen molar-refractivity contribution in [1.82, 2.24) is 14.8 Å². The van der Waals surface area contributed by atoms with Gasteiger partial charge in [-0.2, -0.15) is 18.3 Å². The molecule has 0 saturated heterocycles. The number of rotatable bonds is 1. The lowest BCUT2D eigenvalue weighted by Crippen LogP contribution is -2.07. The molecule has 0 amide bonds. The first kappa shape index (κ1) is 10.5. The molecule has 0 aromatic carbocycles. The molecule has 0 radical (unpaired) electrons. The van der Waals surface area contributed by atoms with E-state index in [-0.39, 0.29) is 5.82 Å². The SMILES string of the molecule is Nc1cc(-n2ccc(C(F)(F)F)n2)ccn1. The molecule has 0 spiro atoms. The summed E-state index contributed by atoms with van der Waals surface area (Å²) in [6.07, 6.45) is -1.82. The topological polar surface area (TPSA) is 56.7 Å². The number of alkyl halides is 3. The highest BCUT2D eigenvalue weighted by Crippen LogP contribution is 2.27. The third-order valence-electron chi connectivity index (χ3n) is 1.91. The highest BCUT2D eigenvalue weighted by atomic mass is 19.4. The summed E-state index contributed by atoms with van der Waals surface area (Å²) in [6, 6.07) is 3.85. The Morgan fingerprint density at radius 3 is 2.56 bits per heavy atom. The van der Waals surface area contributed by atoms with Crippen LogP contribution in [0.2, 0.25) is 0 Å². The predicted octanol–water partition coefficient (Wildman–Crippen LogP) is 1.87. The van der Waals surface area contributed by atoms with Gasteiger partial charge in [0.15, 0.2) is 5.69 Å². The lowest BCUT2D eigenvalue weighted by molar-refractivity contribution is -0.141. The van der Waals surface area contributed by atoms with E-state index in [1.807, 2.05) is 0 Å². The molecule has 0 bridgehead atoms. The molecule has 2 aromatic rings. The maximum absolute atomic E-state index is 12.3. The standard InChI is InChI=1S/C9H7F3N4/c10-9(11,12)7-2-4-16(15-7)6-1-3-14-8(13)5-6/h1-5H,(H2,13,14). The van der Waals surface area contributed by atoms with Crippen molar-refractivity contribution >= 4 is 5.82 Å². The Morgan fingerprint density at radius 1 is 1.25 bits per heavy atom. The van der Waals surface area contributed by atoms with Crippen LogP contribution in [0.4, 0.5) is 19.0 Å². The van der Waals surface area contributed by atoms with Crippen molar-refractivity contribution in [3.8, 4) is 5.69 Å². The maximum atomic E-state index is 12.3. The van der Waals surface area contributed by atoms with Crippen molar-refractivity contribution in [3.05, 3.63) is 36.3 Å². The first-order valence-electron chi connectivity index (χ1n) is 4.31. The van der Waals surface area contributed by atoms with E-state index >= 15 is 0 Å². The van der Waals surface area contributed by atoms with Crippen molar-refractivity contribution in [3.63, 3.8) is 0 Å². The number of aromatic nitrogens is 3. The molecule has 2 N–H and O–H groups in total. The van der Waals surface area contributed by atoms with Crippen LogP contribution < -0.4 is 5.73 Å². The maximum Gasteiger partial charge on any atom is 0.435 e. The van der Waals surface area contributed by atoms with E-state index in [1.165, 1.54) is 24.5 Å². The molecule has 4 nitrogen and oxygen atoms in total. The monoisotopic (exact) mass is 228 g/mol. The van der Waals surface area contributed by atoms with Gasteiger partial charge in [-0.15, -0.1) is 0 Å². The van der Waals surface area contributed by atoms with E-state index in [4.69, 9.17) is 5.73 Å². The van der Waals surface area contributed by atoms with Crippen molar-refractivity contribution in [2.45, 2.75) is 6.18 Å². The summed E-state index contributed by atoms with van der Waals surface area (Å²) in [5.41, 5.74) is 4.91. The summed E-state index contributed by atoms with van der Waals surface area (Å²) >= 11 is 0. The van der Waals surface area contributed by atoms with Gasteiger partial charge in [0.1, 0.15) is 5.82 Å². The number of hydrogen-bond acceptors (Lipinski definition) is 3. The van der Waals surface area contributed by atoms with E-state index in [0.717, 1.165) is 10.7 Å². The first-order valence-corrected chi connectivity index (χ1v) is 4.31. The minimum Gasteiger partial charge on any atom is -0.384 e. The zero-order chi connectivity index (χ0) is 11.8. The number of nitrogens with zero attached hydrogens (tertiary/aromatic N) is 3. The number of pyridine rings is 1. The van der Waals surface area contributed by atoms with Gasteiger partial charge >= 0.3 is 6.18 Å². The Hall–Kier alpha value is -2.05. The largest absolute Gasteiger partial charge is 0.435 e. The minimum absolute atomic E-state index is 0.224. The molecule has 0 unspecified atom stereocenters. The summed E-state index contributed by atoms with van der Waals surface area (Å²) in [6.45, 7) is 0. The molecular weight excluding hydrogens is 221 g/mol. The highest BCUT2D eigenvalue weighted by molar-refractivity contribution is 5.40. The number of anilines is 1.